The van der Waals surface area contributed by atoms with Crippen molar-refractivity contribution in [2.45, 2.75) is 6.42 Å². The topological polar surface area (TPSA) is 80.5 Å². The summed E-state index contributed by atoms with van der Waals surface area (Å²) in [5.41, 5.74) is 0.809. The van der Waals surface area contributed by atoms with E-state index in [1.165, 1.54) is 0 Å². The number of halogens is 1. The highest BCUT2D eigenvalue weighted by Crippen LogP contribution is 2.26. The van der Waals surface area contributed by atoms with Gasteiger partial charge in [0.15, 0.2) is 0 Å². The Hall–Kier alpha value is -0.670. The SMILES string of the molecule is NS(=O)(=O)CC1CC(=O)N(c2cccc(I)c2)C1. The van der Waals surface area contributed by atoms with Gasteiger partial charge in [-0.1, -0.05) is 6.07 Å². The van der Waals surface area contributed by atoms with Gasteiger partial charge in [-0.25, -0.2) is 13.6 Å². The normalized spacial score (nSPS) is 20.4. The van der Waals surface area contributed by atoms with E-state index >= 15 is 0 Å². The molecule has 1 atom stereocenters. The van der Waals surface area contributed by atoms with Crippen LogP contribution >= 0.6 is 22.6 Å². The van der Waals surface area contributed by atoms with Crippen LogP contribution in [0.3, 0.4) is 0 Å². The lowest BCUT2D eigenvalue weighted by Crippen LogP contribution is -2.27. The zero-order valence-electron chi connectivity index (χ0n) is 9.54. The lowest BCUT2D eigenvalue weighted by Gasteiger charge is -2.16. The van der Waals surface area contributed by atoms with Crippen LogP contribution < -0.4 is 10.0 Å². The molecule has 1 unspecified atom stereocenters. The maximum absolute atomic E-state index is 11.9. The van der Waals surface area contributed by atoms with Gasteiger partial charge in [-0.05, 0) is 40.8 Å². The molecule has 18 heavy (non-hydrogen) atoms. The summed E-state index contributed by atoms with van der Waals surface area (Å²) in [6.45, 7) is 0.412. The van der Waals surface area contributed by atoms with Crippen LogP contribution in [0.15, 0.2) is 24.3 Å². The predicted octanol–water partition coefficient (Wildman–Crippen LogP) is 0.933. The average Bonchev–Trinajstić information content (AvgIpc) is 2.56. The lowest BCUT2D eigenvalue weighted by molar-refractivity contribution is -0.117. The monoisotopic (exact) mass is 380 g/mol. The van der Waals surface area contributed by atoms with Crippen molar-refractivity contribution in [3.05, 3.63) is 27.8 Å². The number of benzene rings is 1. The molecule has 2 N–H and O–H groups in total. The number of hydrogen-bond acceptors (Lipinski definition) is 3. The Morgan fingerprint density at radius 3 is 2.78 bits per heavy atom. The molecule has 0 aliphatic carbocycles. The molecule has 0 saturated carbocycles. The molecule has 1 heterocycles. The van der Waals surface area contributed by atoms with Crippen molar-refractivity contribution in [2.24, 2.45) is 11.1 Å². The summed E-state index contributed by atoms with van der Waals surface area (Å²) in [5, 5.41) is 5.01. The van der Waals surface area contributed by atoms with Crippen LogP contribution in [-0.2, 0) is 14.8 Å². The Morgan fingerprint density at radius 2 is 2.17 bits per heavy atom. The van der Waals surface area contributed by atoms with E-state index in [0.717, 1.165) is 9.26 Å². The van der Waals surface area contributed by atoms with E-state index in [1.807, 2.05) is 24.3 Å². The summed E-state index contributed by atoms with van der Waals surface area (Å²) in [5.74, 6) is -0.407. The van der Waals surface area contributed by atoms with Crippen molar-refractivity contribution in [3.63, 3.8) is 0 Å². The van der Waals surface area contributed by atoms with Gasteiger partial charge in [-0.3, -0.25) is 4.79 Å². The molecule has 1 saturated heterocycles. The summed E-state index contributed by atoms with van der Waals surface area (Å²) in [4.78, 5) is 13.5. The van der Waals surface area contributed by atoms with E-state index in [4.69, 9.17) is 5.14 Å². The second kappa shape index (κ2) is 5.14. The van der Waals surface area contributed by atoms with Gasteiger partial charge in [0.1, 0.15) is 0 Å². The third kappa shape index (κ3) is 3.42. The third-order valence-corrected chi connectivity index (χ3v) is 4.40. The molecule has 1 aliphatic rings. The molecule has 1 aromatic carbocycles. The highest BCUT2D eigenvalue weighted by atomic mass is 127. The van der Waals surface area contributed by atoms with Gasteiger partial charge >= 0.3 is 0 Å². The van der Waals surface area contributed by atoms with E-state index in [9.17, 15) is 13.2 Å². The first-order chi connectivity index (χ1) is 8.35. The van der Waals surface area contributed by atoms with Gasteiger partial charge in [-0.15, -0.1) is 0 Å². The van der Waals surface area contributed by atoms with Crippen LogP contribution in [0.2, 0.25) is 0 Å². The molecule has 1 aliphatic heterocycles. The number of hydrogen-bond donors (Lipinski definition) is 1. The van der Waals surface area contributed by atoms with E-state index in [2.05, 4.69) is 22.6 Å². The van der Waals surface area contributed by atoms with Crippen LogP contribution in [0, 0.1) is 9.49 Å². The van der Waals surface area contributed by atoms with Crippen molar-refractivity contribution in [1.82, 2.24) is 0 Å². The zero-order chi connectivity index (χ0) is 13.3. The van der Waals surface area contributed by atoms with Gasteiger partial charge in [0, 0.05) is 28.1 Å². The van der Waals surface area contributed by atoms with Gasteiger partial charge < -0.3 is 4.90 Å². The second-order valence-electron chi connectivity index (χ2n) is 4.38. The lowest BCUT2D eigenvalue weighted by atomic mass is 10.1. The summed E-state index contributed by atoms with van der Waals surface area (Å²) in [6.07, 6.45) is 0.238. The molecule has 1 amide bonds. The number of nitrogens with two attached hydrogens (primary N) is 1. The summed E-state index contributed by atoms with van der Waals surface area (Å²) in [6, 6.07) is 7.56. The van der Waals surface area contributed by atoms with Crippen molar-refractivity contribution >= 4 is 44.2 Å². The molecule has 98 valence electrons. The van der Waals surface area contributed by atoms with Crippen molar-refractivity contribution < 1.29 is 13.2 Å². The standard InChI is InChI=1S/C11H13IN2O3S/c12-9-2-1-3-10(5-9)14-6-8(4-11(14)15)7-18(13,16)17/h1-3,5,8H,4,6-7H2,(H2,13,16,17). The molecule has 0 bridgehead atoms. The number of rotatable bonds is 3. The summed E-state index contributed by atoms with van der Waals surface area (Å²) >= 11 is 2.17. The fourth-order valence-corrected chi connectivity index (χ4v) is 3.52. The highest BCUT2D eigenvalue weighted by molar-refractivity contribution is 14.1. The Kier molecular flexibility index (Phi) is 3.93. The Balaban J connectivity index is 2.15. The number of primary sulfonamides is 1. The number of carbonyl (C=O) groups excluding carboxylic acids is 1. The first-order valence-electron chi connectivity index (χ1n) is 5.41. The first kappa shape index (κ1) is 13.8. The van der Waals surface area contributed by atoms with Crippen LogP contribution in [0.25, 0.3) is 0 Å². The molecule has 0 radical (unpaired) electrons. The van der Waals surface area contributed by atoms with Crippen LogP contribution in [-0.4, -0.2) is 26.6 Å². The summed E-state index contributed by atoms with van der Waals surface area (Å²) in [7, 11) is -3.53. The molecule has 1 aromatic rings. The fourth-order valence-electron chi connectivity index (χ4n) is 2.12. The van der Waals surface area contributed by atoms with Gasteiger partial charge in [0.25, 0.3) is 0 Å². The predicted molar refractivity (Wildman–Crippen MR) is 77.6 cm³/mol. The smallest absolute Gasteiger partial charge is 0.227 e. The number of carbonyl (C=O) groups is 1. The van der Waals surface area contributed by atoms with E-state index in [0.29, 0.717) is 6.54 Å². The van der Waals surface area contributed by atoms with Crippen molar-refractivity contribution in [3.8, 4) is 0 Å². The minimum Gasteiger partial charge on any atom is -0.312 e. The van der Waals surface area contributed by atoms with Crippen molar-refractivity contribution in [2.75, 3.05) is 17.2 Å². The molecule has 0 spiro atoms. The number of anilines is 1. The van der Waals surface area contributed by atoms with Gasteiger partial charge in [0.2, 0.25) is 15.9 Å². The van der Waals surface area contributed by atoms with Crippen molar-refractivity contribution in [1.29, 1.82) is 0 Å². The Labute approximate surface area is 120 Å². The molecule has 7 heteroatoms. The van der Waals surface area contributed by atoms with E-state index < -0.39 is 10.0 Å². The minimum atomic E-state index is -3.53. The Bertz CT molecular complexity index is 573. The Morgan fingerprint density at radius 1 is 1.44 bits per heavy atom. The molecular weight excluding hydrogens is 367 g/mol. The molecule has 0 aromatic heterocycles. The van der Waals surface area contributed by atoms with Crippen LogP contribution in [0.1, 0.15) is 6.42 Å². The maximum atomic E-state index is 11.9. The largest absolute Gasteiger partial charge is 0.312 e. The van der Waals surface area contributed by atoms with E-state index in [-0.39, 0.29) is 24.0 Å². The molecule has 5 nitrogen and oxygen atoms in total. The van der Waals surface area contributed by atoms with Crippen LogP contribution in [0.5, 0.6) is 0 Å². The summed E-state index contributed by atoms with van der Waals surface area (Å²) < 4.78 is 23.1. The molecule has 1 fully saturated rings. The first-order valence-corrected chi connectivity index (χ1v) is 8.21. The third-order valence-electron chi connectivity index (χ3n) is 2.79. The van der Waals surface area contributed by atoms with E-state index in [1.54, 1.807) is 4.90 Å². The number of sulfonamides is 1. The number of nitrogens with zero attached hydrogens (tertiary/aromatic N) is 1. The minimum absolute atomic E-state index is 0.0503. The van der Waals surface area contributed by atoms with Gasteiger partial charge in [-0.2, -0.15) is 0 Å². The number of amides is 1. The maximum Gasteiger partial charge on any atom is 0.227 e. The van der Waals surface area contributed by atoms with Gasteiger partial charge in [0.05, 0.1) is 5.75 Å². The molecular formula is C11H13IN2O3S. The zero-order valence-corrected chi connectivity index (χ0v) is 12.5. The van der Waals surface area contributed by atoms with Crippen LogP contribution in [0.4, 0.5) is 5.69 Å². The average molecular weight is 380 g/mol. The quantitative estimate of drug-likeness (QED) is 0.793. The highest BCUT2D eigenvalue weighted by Gasteiger charge is 2.32. The fraction of sp³-hybridized carbons (Fsp3) is 0.364. The second-order valence-corrected chi connectivity index (χ2v) is 7.29. The molecule has 2 rings (SSSR count).